The molecule has 0 bridgehead atoms. The van der Waals surface area contributed by atoms with E-state index < -0.39 is 0 Å². The van der Waals surface area contributed by atoms with E-state index in [1.165, 1.54) is 200 Å². The topological polar surface area (TPSA) is 127 Å². The maximum absolute atomic E-state index is 13.2. The number of carboxylic acid groups (broad SMARTS) is 2. The van der Waals surface area contributed by atoms with E-state index in [0.29, 0.717) is 6.54 Å². The lowest BCUT2D eigenvalue weighted by molar-refractivity contribution is -0.138. The summed E-state index contributed by atoms with van der Waals surface area (Å²) in [5.74, 6) is 0.426. The summed E-state index contributed by atoms with van der Waals surface area (Å²) < 4.78 is 0. The number of unbranched alkanes of at least 4 members (excludes halogenated alkanes) is 25. The van der Waals surface area contributed by atoms with Crippen LogP contribution in [-0.4, -0.2) is 97.4 Å². The Morgan fingerprint density at radius 2 is 0.783 bits per heavy atom. The molecule has 0 aromatic rings. The summed E-state index contributed by atoms with van der Waals surface area (Å²) in [6.45, 7) is 16.1. The number of ketones is 2. The normalized spacial score (nSPS) is 11.3. The summed E-state index contributed by atoms with van der Waals surface area (Å²) in [5.41, 5.74) is 0. The smallest absolute Gasteiger partial charge is 0.290 e. The fourth-order valence-electron chi connectivity index (χ4n) is 7.88. The fourth-order valence-corrected chi connectivity index (χ4v) is 7.88. The number of hydrogen-bond acceptors (Lipinski definition) is 7. The van der Waals surface area contributed by atoms with Crippen molar-refractivity contribution in [2.45, 2.75) is 253 Å². The third-order valence-electron chi connectivity index (χ3n) is 11.5. The van der Waals surface area contributed by atoms with Crippen molar-refractivity contribution in [3.05, 3.63) is 0 Å². The van der Waals surface area contributed by atoms with E-state index in [1.54, 1.807) is 0 Å². The van der Waals surface area contributed by atoms with Crippen LogP contribution in [0.25, 0.3) is 0 Å². The van der Waals surface area contributed by atoms with Crippen LogP contribution in [0.2, 0.25) is 0 Å². The summed E-state index contributed by atoms with van der Waals surface area (Å²) in [4.78, 5) is 46.8. The van der Waals surface area contributed by atoms with Crippen LogP contribution in [-0.2, 0) is 19.2 Å². The Morgan fingerprint density at radius 1 is 0.500 bits per heavy atom. The Kier molecular flexibility index (Phi) is 61.7. The molecule has 360 valence electrons. The second-order valence-electron chi connectivity index (χ2n) is 17.1. The molecule has 0 spiro atoms. The SMILES string of the molecule is CC.CCCCCCCCCCCCCCN(CCCCCCCC(CCCCCCCC)CCCCCCCC)C(CNCCN(C)C)C(=O)C(C)=O.O=CO.O=CO. The van der Waals surface area contributed by atoms with E-state index in [2.05, 4.69) is 50.0 Å². The number of carbonyl (C=O) groups excluding carboxylic acids is 2. The lowest BCUT2D eigenvalue weighted by atomic mass is 9.89. The van der Waals surface area contributed by atoms with Gasteiger partial charge in [0, 0.05) is 26.6 Å². The van der Waals surface area contributed by atoms with Crippen LogP contribution in [0.5, 0.6) is 0 Å². The van der Waals surface area contributed by atoms with Crippen LogP contribution >= 0.6 is 0 Å². The minimum atomic E-state index is -0.336. The lowest BCUT2D eigenvalue weighted by Crippen LogP contribution is -2.50. The molecule has 9 heteroatoms. The molecular weight excluding hydrogens is 751 g/mol. The van der Waals surface area contributed by atoms with Crippen molar-refractivity contribution in [2.24, 2.45) is 5.92 Å². The van der Waals surface area contributed by atoms with Crippen molar-refractivity contribution in [3.8, 4) is 0 Å². The first-order chi connectivity index (χ1) is 29.2. The molecule has 9 nitrogen and oxygen atoms in total. The largest absolute Gasteiger partial charge is 0.483 e. The van der Waals surface area contributed by atoms with Gasteiger partial charge in [-0.1, -0.05) is 227 Å². The minimum absolute atomic E-state index is 0.210. The molecule has 1 unspecified atom stereocenters. The van der Waals surface area contributed by atoms with Crippen LogP contribution in [0.4, 0.5) is 0 Å². The molecule has 0 aromatic heterocycles. The van der Waals surface area contributed by atoms with E-state index in [0.717, 1.165) is 44.9 Å². The third kappa shape index (κ3) is 52.3. The van der Waals surface area contributed by atoms with Crippen molar-refractivity contribution in [1.82, 2.24) is 15.1 Å². The van der Waals surface area contributed by atoms with Gasteiger partial charge in [0.15, 0.2) is 5.78 Å². The van der Waals surface area contributed by atoms with E-state index in [9.17, 15) is 9.59 Å². The second kappa shape index (κ2) is 57.2. The van der Waals surface area contributed by atoms with Gasteiger partial charge in [-0.3, -0.25) is 24.1 Å². The van der Waals surface area contributed by atoms with Gasteiger partial charge < -0.3 is 20.4 Å². The molecule has 0 aliphatic rings. The Labute approximate surface area is 373 Å². The number of rotatable bonds is 43. The first kappa shape index (κ1) is 64.8. The van der Waals surface area contributed by atoms with Crippen LogP contribution in [0, 0.1) is 5.92 Å². The quantitative estimate of drug-likeness (QED) is 0.0312. The predicted octanol–water partition coefficient (Wildman–Crippen LogP) is 13.6. The van der Waals surface area contributed by atoms with Crippen molar-refractivity contribution in [2.75, 3.05) is 46.8 Å². The lowest BCUT2D eigenvalue weighted by Gasteiger charge is -2.31. The number of likely N-dealkylation sites (N-methyl/N-ethyl adjacent to an activating group) is 1. The van der Waals surface area contributed by atoms with Crippen LogP contribution in [0.1, 0.15) is 247 Å². The molecular formula is C51H105N3O6. The molecule has 1 atom stereocenters. The zero-order chi connectivity index (χ0) is 45.7. The van der Waals surface area contributed by atoms with Gasteiger partial charge in [0.05, 0.1) is 6.04 Å². The zero-order valence-electron chi connectivity index (χ0n) is 41.4. The number of carbonyl (C=O) groups is 4. The van der Waals surface area contributed by atoms with Crippen LogP contribution < -0.4 is 5.32 Å². The first-order valence-electron chi connectivity index (χ1n) is 25.5. The van der Waals surface area contributed by atoms with Crippen LogP contribution in [0.3, 0.4) is 0 Å². The molecule has 0 radical (unpaired) electrons. The van der Waals surface area contributed by atoms with E-state index in [1.807, 2.05) is 13.8 Å². The molecule has 0 saturated heterocycles. The number of nitrogens with one attached hydrogen (secondary N) is 1. The highest BCUT2D eigenvalue weighted by Crippen LogP contribution is 2.25. The third-order valence-corrected chi connectivity index (χ3v) is 11.5. The predicted molar refractivity (Wildman–Crippen MR) is 259 cm³/mol. The maximum Gasteiger partial charge on any atom is 0.290 e. The van der Waals surface area contributed by atoms with Crippen molar-refractivity contribution in [1.29, 1.82) is 0 Å². The average Bonchev–Trinajstić information content (AvgIpc) is 3.23. The van der Waals surface area contributed by atoms with Gasteiger partial charge in [0.1, 0.15) is 0 Å². The molecule has 0 aromatic carbocycles. The second-order valence-corrected chi connectivity index (χ2v) is 17.1. The number of Topliss-reactive ketones (excluding diaryl/α,β-unsaturated/α-hetero) is 2. The summed E-state index contributed by atoms with van der Waals surface area (Å²) in [5, 5.41) is 17.3. The van der Waals surface area contributed by atoms with Crippen LogP contribution in [0.15, 0.2) is 0 Å². The zero-order valence-corrected chi connectivity index (χ0v) is 41.4. The molecule has 60 heavy (non-hydrogen) atoms. The first-order valence-corrected chi connectivity index (χ1v) is 25.5. The van der Waals surface area contributed by atoms with E-state index in [-0.39, 0.29) is 30.6 Å². The average molecular weight is 856 g/mol. The molecule has 0 fully saturated rings. The Morgan fingerprint density at radius 3 is 1.07 bits per heavy atom. The molecule has 0 heterocycles. The molecule has 0 amide bonds. The van der Waals surface area contributed by atoms with Gasteiger partial charge in [-0.05, 0) is 45.9 Å². The van der Waals surface area contributed by atoms with Gasteiger partial charge in [0.2, 0.25) is 5.78 Å². The molecule has 0 saturated carbocycles. The Hall–Kier alpha value is -1.84. The van der Waals surface area contributed by atoms with Gasteiger partial charge in [-0.25, -0.2) is 0 Å². The highest BCUT2D eigenvalue weighted by atomic mass is 16.3. The summed E-state index contributed by atoms with van der Waals surface area (Å²) in [6.07, 6.45) is 43.6. The van der Waals surface area contributed by atoms with E-state index >= 15 is 0 Å². The standard InChI is InChI=1S/C47H95N3O2.C2H6.2CH2O2/c1-7-10-13-16-19-20-21-22-23-24-29-34-40-50(46(47(52)44(4)51)43-48-39-42-49(5)6)41-35-30-25-28-33-38-45(36-31-26-17-14-11-8-2)37-32-27-18-15-12-9-3;1-2;2*2-1-3/h45-46,48H,7-43H2,1-6H3;1-2H3;2*1H,(H,2,3). The molecule has 0 aliphatic carbocycles. The van der Waals surface area contributed by atoms with Crippen molar-refractivity contribution >= 4 is 24.5 Å². The van der Waals surface area contributed by atoms with Gasteiger partial charge in [0.25, 0.3) is 12.9 Å². The maximum atomic E-state index is 13.2. The Balaban J connectivity index is -0.00000181. The van der Waals surface area contributed by atoms with Gasteiger partial charge >= 0.3 is 0 Å². The fraction of sp³-hybridized carbons (Fsp3) is 0.922. The van der Waals surface area contributed by atoms with Crippen molar-refractivity contribution in [3.63, 3.8) is 0 Å². The Bertz CT molecular complexity index is 837. The summed E-state index contributed by atoms with van der Waals surface area (Å²) in [7, 11) is 4.15. The van der Waals surface area contributed by atoms with E-state index in [4.69, 9.17) is 19.8 Å². The molecule has 0 aliphatic heterocycles. The van der Waals surface area contributed by atoms with Gasteiger partial charge in [-0.15, -0.1) is 0 Å². The monoisotopic (exact) mass is 856 g/mol. The highest BCUT2D eigenvalue weighted by Gasteiger charge is 2.28. The molecule has 0 rings (SSSR count). The summed E-state index contributed by atoms with van der Waals surface area (Å²) >= 11 is 0. The summed E-state index contributed by atoms with van der Waals surface area (Å²) in [6, 6.07) is -0.336. The number of hydrogen-bond donors (Lipinski definition) is 3. The highest BCUT2D eigenvalue weighted by molar-refractivity contribution is 6.38. The number of nitrogens with zero attached hydrogens (tertiary/aromatic N) is 2. The molecule has 3 N–H and O–H groups in total. The van der Waals surface area contributed by atoms with Gasteiger partial charge in [-0.2, -0.15) is 0 Å². The minimum Gasteiger partial charge on any atom is -0.483 e. The van der Waals surface area contributed by atoms with Crippen molar-refractivity contribution < 1.29 is 29.4 Å².